The average molecular weight is 434 g/mol. The molecule has 1 aromatic carbocycles. The first-order valence-corrected chi connectivity index (χ1v) is 10.4. The summed E-state index contributed by atoms with van der Waals surface area (Å²) < 4.78 is 29.7. The van der Waals surface area contributed by atoms with Crippen LogP contribution in [0.4, 0.5) is 14.7 Å². The first kappa shape index (κ1) is 22.7. The van der Waals surface area contributed by atoms with E-state index in [1.807, 2.05) is 13.0 Å². The number of hydrogen-bond acceptors (Lipinski definition) is 6. The van der Waals surface area contributed by atoms with Gasteiger partial charge in [-0.25, -0.2) is 15.0 Å². The van der Waals surface area contributed by atoms with Crippen molar-refractivity contribution < 1.29 is 13.5 Å². The minimum absolute atomic E-state index is 0.150. The summed E-state index contributed by atoms with van der Waals surface area (Å²) in [5.74, 6) is 1.57. The Balaban J connectivity index is 1.46. The van der Waals surface area contributed by atoms with E-state index in [9.17, 15) is 8.78 Å². The Morgan fingerprint density at radius 3 is 2.55 bits per heavy atom. The summed E-state index contributed by atoms with van der Waals surface area (Å²) in [6.07, 6.45) is 3.52. The van der Waals surface area contributed by atoms with E-state index in [1.165, 1.54) is 6.07 Å². The van der Waals surface area contributed by atoms with Crippen LogP contribution in [0.15, 0.2) is 47.7 Å². The highest BCUT2D eigenvalue weighted by Crippen LogP contribution is 2.20. The number of guanidine groups is 1. The van der Waals surface area contributed by atoms with Gasteiger partial charge in [-0.05, 0) is 19.1 Å². The molecule has 0 saturated carbocycles. The fourth-order valence-electron chi connectivity index (χ4n) is 3.31. The van der Waals surface area contributed by atoms with Gasteiger partial charge < -0.3 is 20.3 Å². The SMILES string of the molecule is CCNC(=NCc1ccccc1OC(F)F)NCCN1CCN(c2ncccn2)CC1. The lowest BCUT2D eigenvalue weighted by atomic mass is 10.2. The van der Waals surface area contributed by atoms with Crippen LogP contribution in [-0.2, 0) is 6.54 Å². The highest BCUT2D eigenvalue weighted by atomic mass is 19.3. The van der Waals surface area contributed by atoms with E-state index >= 15 is 0 Å². The van der Waals surface area contributed by atoms with E-state index in [1.54, 1.807) is 30.6 Å². The molecule has 2 heterocycles. The third-order valence-corrected chi connectivity index (χ3v) is 4.87. The number of alkyl halides is 2. The number of ether oxygens (including phenoxy) is 1. The van der Waals surface area contributed by atoms with Gasteiger partial charge in [-0.2, -0.15) is 8.78 Å². The van der Waals surface area contributed by atoms with Crippen LogP contribution in [0.3, 0.4) is 0 Å². The van der Waals surface area contributed by atoms with E-state index in [-0.39, 0.29) is 12.3 Å². The summed E-state index contributed by atoms with van der Waals surface area (Å²) in [7, 11) is 0. The number of para-hydroxylation sites is 1. The van der Waals surface area contributed by atoms with Crippen LogP contribution >= 0.6 is 0 Å². The molecule has 0 spiro atoms. The van der Waals surface area contributed by atoms with Crippen molar-refractivity contribution in [3.05, 3.63) is 48.3 Å². The molecular formula is C21H29F2N7O. The van der Waals surface area contributed by atoms with Crippen molar-refractivity contribution in [1.29, 1.82) is 0 Å². The minimum Gasteiger partial charge on any atom is -0.434 e. The number of nitrogens with one attached hydrogen (secondary N) is 2. The molecule has 0 amide bonds. The lowest BCUT2D eigenvalue weighted by molar-refractivity contribution is -0.0504. The Hall–Kier alpha value is -3.01. The predicted molar refractivity (Wildman–Crippen MR) is 117 cm³/mol. The molecule has 0 bridgehead atoms. The second-order valence-corrected chi connectivity index (χ2v) is 6.99. The number of hydrogen-bond donors (Lipinski definition) is 2. The quantitative estimate of drug-likeness (QED) is 0.462. The van der Waals surface area contributed by atoms with Crippen molar-refractivity contribution >= 4 is 11.9 Å². The van der Waals surface area contributed by atoms with Gasteiger partial charge in [0.15, 0.2) is 5.96 Å². The number of piperazine rings is 1. The van der Waals surface area contributed by atoms with Crippen LogP contribution in [0.5, 0.6) is 5.75 Å². The Morgan fingerprint density at radius 2 is 1.84 bits per heavy atom. The Bertz CT molecular complexity index is 814. The molecule has 2 aromatic rings. The van der Waals surface area contributed by atoms with Gasteiger partial charge in [0.05, 0.1) is 6.54 Å². The zero-order valence-corrected chi connectivity index (χ0v) is 17.7. The molecular weight excluding hydrogens is 404 g/mol. The molecule has 8 nitrogen and oxygen atoms in total. The molecule has 1 saturated heterocycles. The third-order valence-electron chi connectivity index (χ3n) is 4.87. The topological polar surface area (TPSA) is 77.9 Å². The van der Waals surface area contributed by atoms with Crippen molar-refractivity contribution in [2.24, 2.45) is 4.99 Å². The van der Waals surface area contributed by atoms with E-state index < -0.39 is 6.61 Å². The van der Waals surface area contributed by atoms with Crippen molar-refractivity contribution in [1.82, 2.24) is 25.5 Å². The van der Waals surface area contributed by atoms with Crippen LogP contribution in [0.25, 0.3) is 0 Å². The molecule has 0 radical (unpaired) electrons. The Morgan fingerprint density at radius 1 is 1.10 bits per heavy atom. The Kier molecular flexibility index (Phi) is 8.77. The largest absolute Gasteiger partial charge is 0.434 e. The first-order valence-electron chi connectivity index (χ1n) is 10.4. The fraction of sp³-hybridized carbons (Fsp3) is 0.476. The summed E-state index contributed by atoms with van der Waals surface area (Å²) >= 11 is 0. The van der Waals surface area contributed by atoms with Gasteiger partial charge in [0.1, 0.15) is 5.75 Å². The molecule has 1 fully saturated rings. The molecule has 0 aliphatic carbocycles. The molecule has 10 heteroatoms. The minimum atomic E-state index is -2.86. The smallest absolute Gasteiger partial charge is 0.387 e. The number of benzene rings is 1. The van der Waals surface area contributed by atoms with Gasteiger partial charge >= 0.3 is 6.61 Å². The first-order chi connectivity index (χ1) is 15.2. The summed E-state index contributed by atoms with van der Waals surface area (Å²) in [5, 5.41) is 6.50. The van der Waals surface area contributed by atoms with Gasteiger partial charge in [0.2, 0.25) is 5.95 Å². The third kappa shape index (κ3) is 7.32. The van der Waals surface area contributed by atoms with E-state index in [0.717, 1.165) is 45.2 Å². The van der Waals surface area contributed by atoms with Crippen LogP contribution in [0.1, 0.15) is 12.5 Å². The molecule has 2 N–H and O–H groups in total. The van der Waals surface area contributed by atoms with E-state index in [2.05, 4.69) is 40.1 Å². The average Bonchev–Trinajstić information content (AvgIpc) is 2.79. The number of nitrogens with zero attached hydrogens (tertiary/aromatic N) is 5. The van der Waals surface area contributed by atoms with Crippen LogP contribution in [0, 0.1) is 0 Å². The number of anilines is 1. The number of halogens is 2. The fourth-order valence-corrected chi connectivity index (χ4v) is 3.31. The molecule has 0 atom stereocenters. The zero-order chi connectivity index (χ0) is 21.9. The molecule has 31 heavy (non-hydrogen) atoms. The molecule has 0 unspecified atom stereocenters. The standard InChI is InChI=1S/C21H29F2N7O/c1-2-24-20(28-16-17-6-3-4-7-18(17)31-19(22)23)25-10-11-29-12-14-30(15-13-29)21-26-8-5-9-27-21/h3-9,19H,2,10-16H2,1H3,(H2,24,25,28). The van der Waals surface area contributed by atoms with Crippen molar-refractivity contribution in [3.8, 4) is 5.75 Å². The molecule has 168 valence electrons. The number of rotatable bonds is 9. The highest BCUT2D eigenvalue weighted by molar-refractivity contribution is 5.79. The van der Waals surface area contributed by atoms with Crippen molar-refractivity contribution in [2.75, 3.05) is 50.7 Å². The normalized spacial score (nSPS) is 15.2. The predicted octanol–water partition coefficient (Wildman–Crippen LogP) is 1.96. The maximum atomic E-state index is 12.6. The van der Waals surface area contributed by atoms with E-state index in [0.29, 0.717) is 18.1 Å². The zero-order valence-electron chi connectivity index (χ0n) is 17.7. The van der Waals surface area contributed by atoms with E-state index in [4.69, 9.17) is 0 Å². The summed E-state index contributed by atoms with van der Waals surface area (Å²) in [4.78, 5) is 17.7. The van der Waals surface area contributed by atoms with Crippen molar-refractivity contribution in [3.63, 3.8) is 0 Å². The van der Waals surface area contributed by atoms with Crippen LogP contribution < -0.4 is 20.3 Å². The lowest BCUT2D eigenvalue weighted by Gasteiger charge is -2.34. The highest BCUT2D eigenvalue weighted by Gasteiger charge is 2.18. The monoisotopic (exact) mass is 433 g/mol. The van der Waals surface area contributed by atoms with Crippen LogP contribution in [0.2, 0.25) is 0 Å². The van der Waals surface area contributed by atoms with Gasteiger partial charge in [-0.3, -0.25) is 4.90 Å². The maximum absolute atomic E-state index is 12.6. The second-order valence-electron chi connectivity index (χ2n) is 6.99. The molecule has 1 aromatic heterocycles. The number of aromatic nitrogens is 2. The molecule has 1 aliphatic rings. The maximum Gasteiger partial charge on any atom is 0.387 e. The number of aliphatic imine (C=N–C) groups is 1. The summed E-state index contributed by atoms with van der Waals surface area (Å²) in [6.45, 7) is 5.32. The van der Waals surface area contributed by atoms with Gasteiger partial charge in [-0.15, -0.1) is 0 Å². The molecule has 1 aliphatic heterocycles. The van der Waals surface area contributed by atoms with Gasteiger partial charge in [0.25, 0.3) is 0 Å². The second kappa shape index (κ2) is 12.0. The van der Waals surface area contributed by atoms with Crippen LogP contribution in [-0.4, -0.2) is 73.3 Å². The van der Waals surface area contributed by atoms with Crippen molar-refractivity contribution in [2.45, 2.75) is 20.1 Å². The molecule has 3 rings (SSSR count). The lowest BCUT2D eigenvalue weighted by Crippen LogP contribution is -2.49. The Labute approximate surface area is 181 Å². The summed E-state index contributed by atoms with van der Waals surface area (Å²) in [6, 6.07) is 8.53. The van der Waals surface area contributed by atoms with Gasteiger partial charge in [-0.1, -0.05) is 18.2 Å². The van der Waals surface area contributed by atoms with Gasteiger partial charge in [0, 0.05) is 63.8 Å². The summed E-state index contributed by atoms with van der Waals surface area (Å²) in [5.41, 5.74) is 0.610.